The summed E-state index contributed by atoms with van der Waals surface area (Å²) in [6, 6.07) is 6.38. The maximum atomic E-state index is 12.3. The van der Waals surface area contributed by atoms with Gasteiger partial charge in [-0.15, -0.1) is 0 Å². The summed E-state index contributed by atoms with van der Waals surface area (Å²) in [6.45, 7) is 2.29. The molecule has 0 aliphatic carbocycles. The number of rotatable bonds is 3. The highest BCUT2D eigenvalue weighted by Crippen LogP contribution is 2.19. The van der Waals surface area contributed by atoms with Crippen LogP contribution in [0.3, 0.4) is 0 Å². The van der Waals surface area contributed by atoms with E-state index < -0.39 is 4.92 Å². The van der Waals surface area contributed by atoms with Crippen molar-refractivity contribution >= 4 is 33.3 Å². The lowest BCUT2D eigenvalue weighted by Gasteiger charge is -2.34. The largest absolute Gasteiger partial charge is 0.444 e. The summed E-state index contributed by atoms with van der Waals surface area (Å²) in [5.41, 5.74) is -0.0361. The number of piperazine rings is 1. The van der Waals surface area contributed by atoms with Crippen molar-refractivity contribution in [2.45, 2.75) is 0 Å². The first kappa shape index (κ1) is 15.5. The van der Waals surface area contributed by atoms with Crippen molar-refractivity contribution in [1.82, 2.24) is 9.88 Å². The molecule has 1 saturated heterocycles. The molecule has 8 nitrogen and oxygen atoms in total. The van der Waals surface area contributed by atoms with E-state index in [0.29, 0.717) is 42.4 Å². The van der Waals surface area contributed by atoms with Gasteiger partial charge in [-0.05, 0) is 34.1 Å². The summed E-state index contributed by atoms with van der Waals surface area (Å²) in [7, 11) is 0. The zero-order valence-corrected chi connectivity index (χ0v) is 13.6. The van der Waals surface area contributed by atoms with E-state index in [1.807, 2.05) is 4.90 Å². The number of amides is 1. The van der Waals surface area contributed by atoms with E-state index in [9.17, 15) is 14.9 Å². The molecule has 0 saturated carbocycles. The minimum atomic E-state index is -0.477. The molecule has 3 heterocycles. The van der Waals surface area contributed by atoms with Crippen molar-refractivity contribution in [1.29, 1.82) is 0 Å². The molecule has 0 N–H and O–H groups in total. The van der Waals surface area contributed by atoms with Crippen molar-refractivity contribution in [2.24, 2.45) is 0 Å². The van der Waals surface area contributed by atoms with Gasteiger partial charge in [0.25, 0.3) is 11.6 Å². The van der Waals surface area contributed by atoms with E-state index in [1.165, 1.54) is 12.3 Å². The van der Waals surface area contributed by atoms with Crippen LogP contribution in [0.2, 0.25) is 0 Å². The summed E-state index contributed by atoms with van der Waals surface area (Å²) < 4.78 is 5.80. The minimum absolute atomic E-state index is 0.0361. The Kier molecular flexibility index (Phi) is 4.28. The molecule has 0 bridgehead atoms. The standard InChI is InChI=1S/C14H13BrN4O4/c15-12-3-2-11(23-12)14(20)18-7-5-17(6-8-18)13-4-1-10(9-16-13)19(21)22/h1-4,9H,5-8H2. The molecule has 1 amide bonds. The number of hydrogen-bond donors (Lipinski definition) is 0. The first-order valence-electron chi connectivity index (χ1n) is 6.94. The number of carbonyl (C=O) groups is 1. The third kappa shape index (κ3) is 3.34. The Morgan fingerprint density at radius 3 is 2.48 bits per heavy atom. The number of furan rings is 1. The number of anilines is 1. The average Bonchev–Trinajstić information content (AvgIpc) is 3.01. The highest BCUT2D eigenvalue weighted by Gasteiger charge is 2.25. The molecule has 0 radical (unpaired) electrons. The zero-order chi connectivity index (χ0) is 16.4. The molecule has 120 valence electrons. The van der Waals surface area contributed by atoms with Gasteiger partial charge in [0.05, 0.1) is 4.92 Å². The second-order valence-corrected chi connectivity index (χ2v) is 5.80. The van der Waals surface area contributed by atoms with Gasteiger partial charge in [0.1, 0.15) is 12.0 Å². The molecular weight excluding hydrogens is 368 g/mol. The van der Waals surface area contributed by atoms with Gasteiger partial charge < -0.3 is 14.2 Å². The van der Waals surface area contributed by atoms with Crippen LogP contribution in [-0.2, 0) is 0 Å². The fourth-order valence-electron chi connectivity index (χ4n) is 2.40. The van der Waals surface area contributed by atoms with Crippen molar-refractivity contribution in [2.75, 3.05) is 31.1 Å². The topological polar surface area (TPSA) is 92.7 Å². The number of halogens is 1. The molecule has 2 aromatic heterocycles. The lowest BCUT2D eigenvalue weighted by Crippen LogP contribution is -2.49. The van der Waals surface area contributed by atoms with Crippen molar-refractivity contribution in [3.8, 4) is 0 Å². The molecule has 9 heteroatoms. The molecule has 1 aliphatic rings. The Morgan fingerprint density at radius 1 is 1.22 bits per heavy atom. The summed E-state index contributed by atoms with van der Waals surface area (Å²) >= 11 is 3.18. The molecule has 1 fully saturated rings. The molecular formula is C14H13BrN4O4. The molecule has 0 unspecified atom stereocenters. The average molecular weight is 381 g/mol. The number of nitro groups is 1. The monoisotopic (exact) mass is 380 g/mol. The van der Waals surface area contributed by atoms with Gasteiger partial charge in [-0.2, -0.15) is 0 Å². The van der Waals surface area contributed by atoms with Gasteiger partial charge in [-0.25, -0.2) is 4.98 Å². The zero-order valence-electron chi connectivity index (χ0n) is 12.0. The van der Waals surface area contributed by atoms with Gasteiger partial charge in [0, 0.05) is 32.2 Å². The van der Waals surface area contributed by atoms with Crippen LogP contribution >= 0.6 is 15.9 Å². The van der Waals surface area contributed by atoms with Crippen LogP contribution < -0.4 is 4.90 Å². The summed E-state index contributed by atoms with van der Waals surface area (Å²) in [5.74, 6) is 0.828. The smallest absolute Gasteiger partial charge is 0.289 e. The number of pyridine rings is 1. The second kappa shape index (κ2) is 6.37. The van der Waals surface area contributed by atoms with Crippen molar-refractivity contribution < 1.29 is 14.1 Å². The number of hydrogen-bond acceptors (Lipinski definition) is 6. The highest BCUT2D eigenvalue weighted by atomic mass is 79.9. The van der Waals surface area contributed by atoms with E-state index in [0.717, 1.165) is 0 Å². The summed E-state index contributed by atoms with van der Waals surface area (Å²) in [4.78, 5) is 30.3. The second-order valence-electron chi connectivity index (χ2n) is 5.01. The molecule has 2 aromatic rings. The molecule has 1 aliphatic heterocycles. The molecule has 0 atom stereocenters. The van der Waals surface area contributed by atoms with Crippen molar-refractivity contribution in [3.63, 3.8) is 0 Å². The van der Waals surface area contributed by atoms with Gasteiger partial charge in [0.15, 0.2) is 10.4 Å². The highest BCUT2D eigenvalue weighted by molar-refractivity contribution is 9.10. The van der Waals surface area contributed by atoms with E-state index in [1.54, 1.807) is 23.1 Å². The Morgan fingerprint density at radius 2 is 1.96 bits per heavy atom. The number of aromatic nitrogens is 1. The number of nitrogens with zero attached hydrogens (tertiary/aromatic N) is 4. The normalized spacial score (nSPS) is 14.8. The molecule has 0 aromatic carbocycles. The maximum absolute atomic E-state index is 12.3. The third-order valence-electron chi connectivity index (χ3n) is 3.62. The first-order valence-corrected chi connectivity index (χ1v) is 7.74. The molecule has 23 heavy (non-hydrogen) atoms. The molecule has 0 spiro atoms. The third-order valence-corrected chi connectivity index (χ3v) is 4.04. The van der Waals surface area contributed by atoms with Gasteiger partial charge in [0.2, 0.25) is 0 Å². The van der Waals surface area contributed by atoms with E-state index >= 15 is 0 Å². The predicted octanol–water partition coefficient (Wildman–Crippen LogP) is 2.31. The van der Waals surface area contributed by atoms with Crippen LogP contribution in [0.1, 0.15) is 10.6 Å². The van der Waals surface area contributed by atoms with E-state index in [4.69, 9.17) is 4.42 Å². The molecule has 3 rings (SSSR count). The Bertz CT molecular complexity index is 723. The van der Waals surface area contributed by atoms with Gasteiger partial charge in [-0.3, -0.25) is 14.9 Å². The maximum Gasteiger partial charge on any atom is 0.289 e. The fourth-order valence-corrected chi connectivity index (χ4v) is 2.70. The van der Waals surface area contributed by atoms with Crippen molar-refractivity contribution in [3.05, 3.63) is 51.0 Å². The minimum Gasteiger partial charge on any atom is -0.444 e. The summed E-state index contributed by atoms with van der Waals surface area (Å²) in [6.07, 6.45) is 1.24. The van der Waals surface area contributed by atoms with E-state index in [2.05, 4.69) is 20.9 Å². The van der Waals surface area contributed by atoms with Crippen LogP contribution in [0, 0.1) is 10.1 Å². The Balaban J connectivity index is 1.61. The fraction of sp³-hybridized carbons (Fsp3) is 0.286. The van der Waals surface area contributed by atoms with Crippen LogP contribution in [-0.4, -0.2) is 46.9 Å². The van der Waals surface area contributed by atoms with Gasteiger partial charge in [-0.1, -0.05) is 0 Å². The number of carbonyl (C=O) groups excluding carboxylic acids is 1. The quantitative estimate of drug-likeness (QED) is 0.599. The lowest BCUT2D eigenvalue weighted by atomic mass is 10.2. The van der Waals surface area contributed by atoms with Crippen LogP contribution in [0.25, 0.3) is 0 Å². The van der Waals surface area contributed by atoms with Crippen LogP contribution in [0.5, 0.6) is 0 Å². The van der Waals surface area contributed by atoms with Gasteiger partial charge >= 0.3 is 0 Å². The SMILES string of the molecule is O=C(c1ccc(Br)o1)N1CCN(c2ccc([N+](=O)[O-])cn2)CC1. The lowest BCUT2D eigenvalue weighted by molar-refractivity contribution is -0.385. The Labute approximate surface area is 140 Å². The van der Waals surface area contributed by atoms with Crippen LogP contribution in [0.4, 0.5) is 11.5 Å². The Hall–Kier alpha value is -2.42. The van der Waals surface area contributed by atoms with Crippen LogP contribution in [0.15, 0.2) is 39.5 Å². The van der Waals surface area contributed by atoms with E-state index in [-0.39, 0.29) is 11.6 Å². The first-order chi connectivity index (χ1) is 11.0. The predicted molar refractivity (Wildman–Crippen MR) is 85.4 cm³/mol. The summed E-state index contributed by atoms with van der Waals surface area (Å²) in [5, 5.41) is 10.6.